The lowest BCUT2D eigenvalue weighted by molar-refractivity contribution is -0.134. The first kappa shape index (κ1) is 12.5. The van der Waals surface area contributed by atoms with Gasteiger partial charge >= 0.3 is 0 Å². The number of ether oxygens (including phenoxy) is 1. The fraction of sp³-hybridized carbons (Fsp3) is 0.562. The van der Waals surface area contributed by atoms with Crippen LogP contribution in [0.1, 0.15) is 38.2 Å². The lowest BCUT2D eigenvalue weighted by atomic mass is 9.99. The summed E-state index contributed by atoms with van der Waals surface area (Å²) in [6.45, 7) is 3.77. The lowest BCUT2D eigenvalue weighted by Crippen LogP contribution is -2.48. The van der Waals surface area contributed by atoms with Crippen LogP contribution in [0.4, 0.5) is 0 Å². The zero-order valence-electron chi connectivity index (χ0n) is 11.6. The van der Waals surface area contributed by atoms with Crippen molar-refractivity contribution in [3.63, 3.8) is 0 Å². The lowest BCUT2D eigenvalue weighted by Gasteiger charge is -2.38. The first-order valence-electron chi connectivity index (χ1n) is 7.15. The van der Waals surface area contributed by atoms with E-state index in [-0.39, 0.29) is 12.0 Å². The molecule has 1 amide bonds. The van der Waals surface area contributed by atoms with Crippen LogP contribution in [0.5, 0.6) is 5.75 Å². The van der Waals surface area contributed by atoms with Gasteiger partial charge in [-0.2, -0.15) is 0 Å². The van der Waals surface area contributed by atoms with Crippen molar-refractivity contribution in [3.05, 3.63) is 29.8 Å². The van der Waals surface area contributed by atoms with Crippen molar-refractivity contribution < 1.29 is 9.53 Å². The fourth-order valence-electron chi connectivity index (χ4n) is 3.55. The van der Waals surface area contributed by atoms with Gasteiger partial charge in [0.15, 0.2) is 0 Å². The second-order valence-corrected chi connectivity index (χ2v) is 5.84. The van der Waals surface area contributed by atoms with E-state index in [1.54, 1.807) is 6.92 Å². The van der Waals surface area contributed by atoms with Crippen molar-refractivity contribution >= 4 is 5.91 Å². The van der Waals surface area contributed by atoms with Crippen LogP contribution in [0.3, 0.4) is 0 Å². The van der Waals surface area contributed by atoms with Gasteiger partial charge < -0.3 is 9.64 Å². The van der Waals surface area contributed by atoms with Crippen molar-refractivity contribution in [3.8, 4) is 5.75 Å². The maximum absolute atomic E-state index is 11.6. The molecule has 0 aromatic heterocycles. The molecule has 1 aromatic rings. The third-order valence-corrected chi connectivity index (χ3v) is 4.38. The summed E-state index contributed by atoms with van der Waals surface area (Å²) in [6.07, 6.45) is 4.49. The van der Waals surface area contributed by atoms with Crippen LogP contribution in [0, 0.1) is 6.92 Å². The highest BCUT2D eigenvalue weighted by Gasteiger charge is 2.42. The predicted octanol–water partition coefficient (Wildman–Crippen LogP) is 2.92. The zero-order valence-corrected chi connectivity index (χ0v) is 11.6. The van der Waals surface area contributed by atoms with Gasteiger partial charge in [0.1, 0.15) is 11.9 Å². The van der Waals surface area contributed by atoms with Crippen LogP contribution in [0.2, 0.25) is 0 Å². The average molecular weight is 259 g/mol. The summed E-state index contributed by atoms with van der Waals surface area (Å²) in [5.41, 5.74) is 1.25. The van der Waals surface area contributed by atoms with Crippen molar-refractivity contribution in [2.75, 3.05) is 0 Å². The van der Waals surface area contributed by atoms with Crippen LogP contribution >= 0.6 is 0 Å². The molecule has 2 bridgehead atoms. The van der Waals surface area contributed by atoms with Gasteiger partial charge in [0, 0.05) is 31.8 Å². The quantitative estimate of drug-likeness (QED) is 0.817. The van der Waals surface area contributed by atoms with E-state index < -0.39 is 0 Å². The maximum Gasteiger partial charge on any atom is 0.219 e. The summed E-state index contributed by atoms with van der Waals surface area (Å²) in [6, 6.07) is 9.02. The topological polar surface area (TPSA) is 29.5 Å². The van der Waals surface area contributed by atoms with Crippen molar-refractivity contribution in [2.45, 2.75) is 57.7 Å². The number of fused-ring (bicyclic) bond motifs is 2. The Morgan fingerprint density at radius 2 is 1.74 bits per heavy atom. The molecule has 2 atom stereocenters. The Morgan fingerprint density at radius 3 is 2.26 bits per heavy atom. The van der Waals surface area contributed by atoms with Crippen LogP contribution < -0.4 is 4.74 Å². The van der Waals surface area contributed by atoms with E-state index in [1.807, 2.05) is 12.1 Å². The predicted molar refractivity (Wildman–Crippen MR) is 74.2 cm³/mol. The summed E-state index contributed by atoms with van der Waals surface area (Å²) < 4.78 is 6.08. The maximum atomic E-state index is 11.6. The SMILES string of the molecule is CC(=O)N1C2CCC1CC(Oc1ccc(C)cc1)C2. The van der Waals surface area contributed by atoms with Crippen LogP contribution in [0.15, 0.2) is 24.3 Å². The van der Waals surface area contributed by atoms with E-state index in [9.17, 15) is 4.79 Å². The monoisotopic (exact) mass is 259 g/mol. The van der Waals surface area contributed by atoms with E-state index in [0.29, 0.717) is 12.1 Å². The number of nitrogens with zero attached hydrogens (tertiary/aromatic N) is 1. The van der Waals surface area contributed by atoms with Crippen molar-refractivity contribution in [1.82, 2.24) is 4.90 Å². The molecule has 19 heavy (non-hydrogen) atoms. The number of hydrogen-bond donors (Lipinski definition) is 0. The molecule has 102 valence electrons. The van der Waals surface area contributed by atoms with Gasteiger partial charge in [-0.3, -0.25) is 4.79 Å². The molecule has 2 heterocycles. The van der Waals surface area contributed by atoms with Gasteiger partial charge in [-0.05, 0) is 31.9 Å². The van der Waals surface area contributed by atoms with E-state index >= 15 is 0 Å². The summed E-state index contributed by atoms with van der Waals surface area (Å²) >= 11 is 0. The Morgan fingerprint density at radius 1 is 1.16 bits per heavy atom. The summed E-state index contributed by atoms with van der Waals surface area (Å²) in [7, 11) is 0. The van der Waals surface area contributed by atoms with Gasteiger partial charge in [0.05, 0.1) is 0 Å². The molecule has 2 unspecified atom stereocenters. The standard InChI is InChI=1S/C16H21NO2/c1-11-3-7-15(8-4-11)19-16-9-13-5-6-14(10-16)17(13)12(2)18/h3-4,7-8,13-14,16H,5-6,9-10H2,1-2H3. The summed E-state index contributed by atoms with van der Waals surface area (Å²) in [4.78, 5) is 13.7. The number of piperidine rings is 1. The minimum Gasteiger partial charge on any atom is -0.490 e. The second-order valence-electron chi connectivity index (χ2n) is 5.84. The highest BCUT2D eigenvalue weighted by atomic mass is 16.5. The Balaban J connectivity index is 1.66. The molecule has 2 aliphatic rings. The minimum absolute atomic E-state index is 0.223. The van der Waals surface area contributed by atoms with Crippen molar-refractivity contribution in [2.24, 2.45) is 0 Å². The molecule has 0 N–H and O–H groups in total. The largest absolute Gasteiger partial charge is 0.490 e. The first-order valence-corrected chi connectivity index (χ1v) is 7.15. The molecule has 1 aromatic carbocycles. The van der Waals surface area contributed by atoms with E-state index in [0.717, 1.165) is 31.4 Å². The van der Waals surface area contributed by atoms with Gasteiger partial charge in [-0.1, -0.05) is 17.7 Å². The minimum atomic E-state index is 0.223. The number of amides is 1. The van der Waals surface area contributed by atoms with Crippen molar-refractivity contribution in [1.29, 1.82) is 0 Å². The fourth-order valence-corrected chi connectivity index (χ4v) is 3.55. The Bertz CT molecular complexity index is 454. The summed E-state index contributed by atoms with van der Waals surface area (Å²) in [5, 5.41) is 0. The molecule has 2 fully saturated rings. The number of hydrogen-bond acceptors (Lipinski definition) is 2. The Hall–Kier alpha value is -1.51. The molecule has 2 aliphatic heterocycles. The molecule has 0 aliphatic carbocycles. The Kier molecular flexibility index (Phi) is 3.21. The number of carbonyl (C=O) groups excluding carboxylic acids is 1. The number of rotatable bonds is 2. The zero-order chi connectivity index (χ0) is 13.4. The highest BCUT2D eigenvalue weighted by Crippen LogP contribution is 2.37. The number of carbonyl (C=O) groups is 1. The van der Waals surface area contributed by atoms with Crippen LogP contribution in [-0.2, 0) is 4.79 Å². The molecule has 0 spiro atoms. The molecule has 3 heteroatoms. The third kappa shape index (κ3) is 2.46. The molecular weight excluding hydrogens is 238 g/mol. The average Bonchev–Trinajstić information content (AvgIpc) is 2.65. The van der Waals surface area contributed by atoms with E-state index in [1.165, 1.54) is 5.56 Å². The van der Waals surface area contributed by atoms with Crippen LogP contribution in [-0.4, -0.2) is 29.0 Å². The molecule has 3 nitrogen and oxygen atoms in total. The third-order valence-electron chi connectivity index (χ3n) is 4.38. The molecule has 2 saturated heterocycles. The molecular formula is C16H21NO2. The molecule has 3 rings (SSSR count). The molecule has 0 radical (unpaired) electrons. The van der Waals surface area contributed by atoms with Crippen LogP contribution in [0.25, 0.3) is 0 Å². The second kappa shape index (κ2) is 4.87. The smallest absolute Gasteiger partial charge is 0.219 e. The number of aryl methyl sites for hydroxylation is 1. The Labute approximate surface area is 114 Å². The first-order chi connectivity index (χ1) is 9.13. The normalized spacial score (nSPS) is 29.4. The summed E-state index contributed by atoms with van der Waals surface area (Å²) in [5.74, 6) is 1.17. The highest BCUT2D eigenvalue weighted by molar-refractivity contribution is 5.74. The van der Waals surface area contributed by atoms with E-state index in [2.05, 4.69) is 24.0 Å². The van der Waals surface area contributed by atoms with Gasteiger partial charge in [0.2, 0.25) is 5.91 Å². The van der Waals surface area contributed by atoms with Gasteiger partial charge in [-0.15, -0.1) is 0 Å². The number of benzene rings is 1. The van der Waals surface area contributed by atoms with E-state index in [4.69, 9.17) is 4.74 Å². The van der Waals surface area contributed by atoms with Gasteiger partial charge in [0.25, 0.3) is 0 Å². The van der Waals surface area contributed by atoms with Gasteiger partial charge in [-0.25, -0.2) is 0 Å². The molecule has 0 saturated carbocycles.